The maximum atomic E-state index is 12.1. The molecule has 0 fully saturated rings. The predicted molar refractivity (Wildman–Crippen MR) is 76.8 cm³/mol. The zero-order valence-electron chi connectivity index (χ0n) is 12.2. The molecule has 0 radical (unpaired) electrons. The summed E-state index contributed by atoms with van der Waals surface area (Å²) in [6.45, 7) is 8.23. The number of hydrogen-bond donors (Lipinski definition) is 0. The first-order valence-corrected chi connectivity index (χ1v) is 9.77. The van der Waals surface area contributed by atoms with Crippen LogP contribution in [0.4, 0.5) is 0 Å². The van der Waals surface area contributed by atoms with Crippen LogP contribution in [0.15, 0.2) is 24.3 Å². The van der Waals surface area contributed by atoms with Gasteiger partial charge in [-0.25, -0.2) is 4.79 Å². The van der Waals surface area contributed by atoms with E-state index < -0.39 is 14.4 Å². The molecule has 1 unspecified atom stereocenters. The lowest BCUT2D eigenvalue weighted by Crippen LogP contribution is -2.32. The van der Waals surface area contributed by atoms with Gasteiger partial charge in [0, 0.05) is 5.56 Å². The van der Waals surface area contributed by atoms with Crippen molar-refractivity contribution in [2.24, 2.45) is 0 Å². The first-order valence-electron chi connectivity index (χ1n) is 6.36. The van der Waals surface area contributed by atoms with Gasteiger partial charge in [-0.3, -0.25) is 0 Å². The van der Waals surface area contributed by atoms with Crippen LogP contribution in [0, 0.1) is 0 Å². The monoisotopic (exact) mass is 282 g/mol. The lowest BCUT2D eigenvalue weighted by atomic mass is 10.1. The predicted octanol–water partition coefficient (Wildman–Crippen LogP) is 3.15. The van der Waals surface area contributed by atoms with Crippen LogP contribution in [0.1, 0.15) is 18.6 Å². The van der Waals surface area contributed by atoms with E-state index in [9.17, 15) is 4.79 Å². The Morgan fingerprint density at radius 3 is 2.42 bits per heavy atom. The molecule has 0 aliphatic carbocycles. The van der Waals surface area contributed by atoms with Crippen LogP contribution < -0.4 is 4.74 Å². The van der Waals surface area contributed by atoms with E-state index in [2.05, 4.69) is 0 Å². The standard InChI is InChI=1S/C14H22O4Si/c1-6-17-14(15)13(18-19(3,4)5)11-9-7-8-10-12(11)16-2/h7-10,13H,6H2,1-5H3. The van der Waals surface area contributed by atoms with Crippen LogP contribution in [0.25, 0.3) is 0 Å². The Balaban J connectivity index is 3.11. The SMILES string of the molecule is CCOC(=O)C(O[Si](C)(C)C)c1ccccc1OC. The lowest BCUT2D eigenvalue weighted by molar-refractivity contribution is -0.152. The third kappa shape index (κ3) is 4.68. The molecule has 1 rings (SSSR count). The van der Waals surface area contributed by atoms with Crippen molar-refractivity contribution in [2.45, 2.75) is 32.7 Å². The normalized spacial score (nSPS) is 12.9. The molecule has 0 saturated carbocycles. The summed E-state index contributed by atoms with van der Waals surface area (Å²) in [5.41, 5.74) is 0.714. The molecular formula is C14H22O4Si. The van der Waals surface area contributed by atoms with E-state index in [1.807, 2.05) is 43.9 Å². The third-order valence-corrected chi connectivity index (χ3v) is 3.34. The van der Waals surface area contributed by atoms with Crippen LogP contribution in [0.3, 0.4) is 0 Å². The van der Waals surface area contributed by atoms with Crippen LogP contribution in [-0.2, 0) is 14.0 Å². The quantitative estimate of drug-likeness (QED) is 0.594. The molecule has 0 aromatic heterocycles. The number of benzene rings is 1. The Bertz CT molecular complexity index is 426. The number of carbonyl (C=O) groups excluding carboxylic acids is 1. The van der Waals surface area contributed by atoms with E-state index in [1.165, 1.54) is 0 Å². The molecule has 0 saturated heterocycles. The molecule has 5 heteroatoms. The minimum Gasteiger partial charge on any atom is -0.496 e. The lowest BCUT2D eigenvalue weighted by Gasteiger charge is -2.26. The van der Waals surface area contributed by atoms with Gasteiger partial charge in [0.15, 0.2) is 14.4 Å². The highest BCUT2D eigenvalue weighted by Gasteiger charge is 2.31. The minimum atomic E-state index is -1.89. The molecule has 0 bridgehead atoms. The number of hydrogen-bond acceptors (Lipinski definition) is 4. The Labute approximate surface area is 115 Å². The smallest absolute Gasteiger partial charge is 0.338 e. The van der Waals surface area contributed by atoms with Gasteiger partial charge in [0.1, 0.15) is 5.75 Å². The van der Waals surface area contributed by atoms with Gasteiger partial charge in [-0.2, -0.15) is 0 Å². The highest BCUT2D eigenvalue weighted by molar-refractivity contribution is 6.69. The summed E-state index contributed by atoms with van der Waals surface area (Å²) >= 11 is 0. The third-order valence-electron chi connectivity index (χ3n) is 2.39. The number of methoxy groups -OCH3 is 1. The van der Waals surface area contributed by atoms with Gasteiger partial charge in [-0.05, 0) is 32.6 Å². The van der Waals surface area contributed by atoms with Gasteiger partial charge in [0.2, 0.25) is 0 Å². The average Bonchev–Trinajstić information content (AvgIpc) is 2.35. The molecule has 1 aromatic rings. The largest absolute Gasteiger partial charge is 0.496 e. The van der Waals surface area contributed by atoms with Crippen LogP contribution >= 0.6 is 0 Å². The highest BCUT2D eigenvalue weighted by Crippen LogP contribution is 2.30. The van der Waals surface area contributed by atoms with Crippen molar-refractivity contribution in [2.75, 3.05) is 13.7 Å². The van der Waals surface area contributed by atoms with Gasteiger partial charge < -0.3 is 13.9 Å². The number of para-hydroxylation sites is 1. The molecule has 106 valence electrons. The minimum absolute atomic E-state index is 0.333. The zero-order chi connectivity index (χ0) is 14.5. The number of esters is 1. The molecule has 0 aliphatic rings. The molecule has 0 N–H and O–H groups in total. The van der Waals surface area contributed by atoms with Gasteiger partial charge in [0.05, 0.1) is 13.7 Å². The summed E-state index contributed by atoms with van der Waals surface area (Å²) in [5.74, 6) is 0.272. The second-order valence-corrected chi connectivity index (χ2v) is 9.56. The Morgan fingerprint density at radius 1 is 1.26 bits per heavy atom. The van der Waals surface area contributed by atoms with Crippen molar-refractivity contribution in [3.63, 3.8) is 0 Å². The van der Waals surface area contributed by atoms with Crippen molar-refractivity contribution in [1.29, 1.82) is 0 Å². The number of rotatable bonds is 6. The average molecular weight is 282 g/mol. The first kappa shape index (κ1) is 15.7. The molecule has 0 aliphatic heterocycles. The summed E-state index contributed by atoms with van der Waals surface area (Å²) < 4.78 is 16.4. The van der Waals surface area contributed by atoms with Gasteiger partial charge in [-0.1, -0.05) is 18.2 Å². The molecule has 0 spiro atoms. The second kappa shape index (κ2) is 6.72. The van der Waals surface area contributed by atoms with E-state index >= 15 is 0 Å². The molecule has 1 atom stereocenters. The van der Waals surface area contributed by atoms with Crippen molar-refractivity contribution >= 4 is 14.3 Å². The molecule has 4 nitrogen and oxygen atoms in total. The fourth-order valence-electron chi connectivity index (χ4n) is 1.69. The Kier molecular flexibility index (Phi) is 5.56. The fraction of sp³-hybridized carbons (Fsp3) is 0.500. The van der Waals surface area contributed by atoms with Crippen molar-refractivity contribution in [1.82, 2.24) is 0 Å². The van der Waals surface area contributed by atoms with Crippen molar-refractivity contribution in [3.8, 4) is 5.75 Å². The number of ether oxygens (including phenoxy) is 2. The summed E-state index contributed by atoms with van der Waals surface area (Å²) in [7, 11) is -0.308. The van der Waals surface area contributed by atoms with E-state index in [0.717, 1.165) is 0 Å². The van der Waals surface area contributed by atoms with E-state index in [1.54, 1.807) is 14.0 Å². The summed E-state index contributed by atoms with van der Waals surface area (Å²) in [5, 5.41) is 0. The highest BCUT2D eigenvalue weighted by atomic mass is 28.4. The Morgan fingerprint density at radius 2 is 1.89 bits per heavy atom. The maximum Gasteiger partial charge on any atom is 0.338 e. The van der Waals surface area contributed by atoms with Crippen LogP contribution in [0.2, 0.25) is 19.6 Å². The van der Waals surface area contributed by atoms with Crippen LogP contribution in [0.5, 0.6) is 5.75 Å². The maximum absolute atomic E-state index is 12.1. The topological polar surface area (TPSA) is 44.8 Å². The summed E-state index contributed by atoms with van der Waals surface area (Å²) in [4.78, 5) is 12.1. The second-order valence-electron chi connectivity index (χ2n) is 5.10. The van der Waals surface area contributed by atoms with Gasteiger partial charge in [0.25, 0.3) is 0 Å². The Hall–Kier alpha value is -1.33. The zero-order valence-corrected chi connectivity index (χ0v) is 13.2. The summed E-state index contributed by atoms with van der Waals surface area (Å²) in [6.07, 6.45) is -0.720. The van der Waals surface area contributed by atoms with Crippen molar-refractivity contribution in [3.05, 3.63) is 29.8 Å². The van der Waals surface area contributed by atoms with E-state index in [-0.39, 0.29) is 5.97 Å². The first-order chi connectivity index (χ1) is 8.89. The number of carbonyl (C=O) groups is 1. The molecule has 19 heavy (non-hydrogen) atoms. The fourth-order valence-corrected chi connectivity index (χ4v) is 2.62. The molecular weight excluding hydrogens is 260 g/mol. The van der Waals surface area contributed by atoms with Gasteiger partial charge >= 0.3 is 5.97 Å². The van der Waals surface area contributed by atoms with Crippen LogP contribution in [-0.4, -0.2) is 28.0 Å². The molecule has 0 amide bonds. The van der Waals surface area contributed by atoms with E-state index in [0.29, 0.717) is 17.9 Å². The molecule has 0 heterocycles. The summed E-state index contributed by atoms with van der Waals surface area (Å²) in [6, 6.07) is 7.37. The van der Waals surface area contributed by atoms with Gasteiger partial charge in [-0.15, -0.1) is 0 Å². The molecule has 1 aromatic carbocycles. The van der Waals surface area contributed by atoms with E-state index in [4.69, 9.17) is 13.9 Å². The van der Waals surface area contributed by atoms with Crippen molar-refractivity contribution < 1.29 is 18.7 Å².